The lowest BCUT2D eigenvalue weighted by atomic mass is 10.2. The van der Waals surface area contributed by atoms with Crippen molar-refractivity contribution in [3.05, 3.63) is 11.4 Å². The largest absolute Gasteiger partial charge is 0.370 e. The minimum Gasteiger partial charge on any atom is -0.370 e. The topological polar surface area (TPSA) is 64.8 Å². The molecule has 0 bridgehead atoms. The average Bonchev–Trinajstić information content (AvgIpc) is 2.36. The van der Waals surface area contributed by atoms with Crippen molar-refractivity contribution in [1.82, 2.24) is 9.97 Å². The minimum atomic E-state index is 0.497. The van der Waals surface area contributed by atoms with Gasteiger partial charge in [0.1, 0.15) is 17.5 Å². The highest BCUT2D eigenvalue weighted by Gasteiger charge is 2.12. The van der Waals surface area contributed by atoms with Crippen molar-refractivity contribution in [3.8, 4) is 6.07 Å². The van der Waals surface area contributed by atoms with Crippen LogP contribution in [0.25, 0.3) is 0 Å². The van der Waals surface area contributed by atoms with Crippen LogP contribution in [0.2, 0.25) is 0 Å². The van der Waals surface area contributed by atoms with Gasteiger partial charge in [0.2, 0.25) is 0 Å². The summed E-state index contributed by atoms with van der Waals surface area (Å²) in [7, 11) is 1.95. The van der Waals surface area contributed by atoms with Gasteiger partial charge in [0.25, 0.3) is 0 Å². The van der Waals surface area contributed by atoms with Crippen LogP contribution in [0.3, 0.4) is 0 Å². The number of nitrogens with one attached hydrogen (secondary N) is 1. The molecule has 5 nitrogen and oxygen atoms in total. The van der Waals surface area contributed by atoms with Crippen molar-refractivity contribution < 1.29 is 0 Å². The third-order valence-corrected chi connectivity index (χ3v) is 2.69. The fourth-order valence-electron chi connectivity index (χ4n) is 1.72. The highest BCUT2D eigenvalue weighted by molar-refractivity contribution is 5.58. The van der Waals surface area contributed by atoms with Crippen LogP contribution < -0.4 is 10.2 Å². The van der Waals surface area contributed by atoms with Gasteiger partial charge in [0, 0.05) is 25.7 Å². The van der Waals surface area contributed by atoms with Gasteiger partial charge in [-0.25, -0.2) is 9.97 Å². The number of nitriles is 1. The fourth-order valence-corrected chi connectivity index (χ4v) is 1.72. The van der Waals surface area contributed by atoms with E-state index in [-0.39, 0.29) is 0 Å². The summed E-state index contributed by atoms with van der Waals surface area (Å²) in [6.07, 6.45) is 1.55. The molecule has 0 unspecified atom stereocenters. The highest BCUT2D eigenvalue weighted by Crippen LogP contribution is 2.22. The zero-order valence-electron chi connectivity index (χ0n) is 11.6. The summed E-state index contributed by atoms with van der Waals surface area (Å²) in [5, 5.41) is 11.9. The number of hydrogen-bond acceptors (Lipinski definition) is 5. The van der Waals surface area contributed by atoms with Crippen LogP contribution in [0.1, 0.15) is 31.2 Å². The minimum absolute atomic E-state index is 0.497. The molecule has 0 aliphatic heterocycles. The standard InChI is InChI=1S/C13H21N5/c1-5-8-15-12-10(2)13(17-11(3)16-12)18(4)9-6-7-14/h5-6,8-9H2,1-4H3,(H,15,16,17). The Labute approximate surface area is 109 Å². The molecule has 1 heterocycles. The molecule has 0 saturated carbocycles. The molecule has 1 N–H and O–H groups in total. The average molecular weight is 247 g/mol. The zero-order chi connectivity index (χ0) is 13.5. The normalized spacial score (nSPS) is 9.94. The van der Waals surface area contributed by atoms with E-state index in [0.29, 0.717) is 13.0 Å². The SMILES string of the molecule is CCCNc1nc(C)nc(N(C)CCC#N)c1C. The van der Waals surface area contributed by atoms with Gasteiger partial charge >= 0.3 is 0 Å². The van der Waals surface area contributed by atoms with Gasteiger partial charge < -0.3 is 10.2 Å². The Morgan fingerprint density at radius 1 is 1.33 bits per heavy atom. The Morgan fingerprint density at radius 2 is 2.06 bits per heavy atom. The molecule has 0 aromatic carbocycles. The molecule has 0 atom stereocenters. The Kier molecular flexibility index (Phi) is 5.37. The van der Waals surface area contributed by atoms with Crippen LogP contribution in [0, 0.1) is 25.2 Å². The number of rotatable bonds is 6. The summed E-state index contributed by atoms with van der Waals surface area (Å²) in [5.74, 6) is 2.54. The van der Waals surface area contributed by atoms with Crippen LogP contribution in [0.15, 0.2) is 0 Å². The first kappa shape index (κ1) is 14.2. The first-order chi connectivity index (χ1) is 8.60. The summed E-state index contributed by atoms with van der Waals surface area (Å²) in [5.41, 5.74) is 1.04. The number of aromatic nitrogens is 2. The molecule has 1 aromatic heterocycles. The molecule has 0 radical (unpaired) electrons. The summed E-state index contributed by atoms with van der Waals surface area (Å²) in [4.78, 5) is 10.9. The maximum Gasteiger partial charge on any atom is 0.137 e. The zero-order valence-corrected chi connectivity index (χ0v) is 11.6. The first-order valence-electron chi connectivity index (χ1n) is 6.27. The van der Waals surface area contributed by atoms with E-state index in [1.807, 2.05) is 25.8 Å². The number of anilines is 2. The van der Waals surface area contributed by atoms with Crippen LogP contribution in [-0.4, -0.2) is 30.1 Å². The quantitative estimate of drug-likeness (QED) is 0.835. The van der Waals surface area contributed by atoms with E-state index in [4.69, 9.17) is 5.26 Å². The highest BCUT2D eigenvalue weighted by atomic mass is 15.2. The lowest BCUT2D eigenvalue weighted by molar-refractivity contribution is 0.859. The lowest BCUT2D eigenvalue weighted by Gasteiger charge is -2.21. The van der Waals surface area contributed by atoms with Gasteiger partial charge in [0.15, 0.2) is 0 Å². The Hall–Kier alpha value is -1.83. The Balaban J connectivity index is 2.97. The second-order valence-electron chi connectivity index (χ2n) is 4.32. The molecule has 5 heteroatoms. The molecule has 98 valence electrons. The van der Waals surface area contributed by atoms with Crippen molar-refractivity contribution >= 4 is 11.6 Å². The second-order valence-corrected chi connectivity index (χ2v) is 4.32. The third-order valence-electron chi connectivity index (χ3n) is 2.69. The molecule has 0 spiro atoms. The van der Waals surface area contributed by atoms with Crippen molar-refractivity contribution in [2.75, 3.05) is 30.4 Å². The molecule has 1 aromatic rings. The van der Waals surface area contributed by atoms with Gasteiger partial charge in [-0.2, -0.15) is 5.26 Å². The van der Waals surface area contributed by atoms with Crippen LogP contribution >= 0.6 is 0 Å². The first-order valence-corrected chi connectivity index (χ1v) is 6.27. The van der Waals surface area contributed by atoms with Crippen molar-refractivity contribution in [1.29, 1.82) is 5.26 Å². The van der Waals surface area contributed by atoms with E-state index in [0.717, 1.165) is 36.0 Å². The van der Waals surface area contributed by atoms with Gasteiger partial charge in [-0.3, -0.25) is 0 Å². The van der Waals surface area contributed by atoms with Crippen LogP contribution in [0.5, 0.6) is 0 Å². The van der Waals surface area contributed by atoms with Crippen LogP contribution in [-0.2, 0) is 0 Å². The monoisotopic (exact) mass is 247 g/mol. The summed E-state index contributed by atoms with van der Waals surface area (Å²) < 4.78 is 0. The van der Waals surface area contributed by atoms with E-state index in [1.54, 1.807) is 0 Å². The fraction of sp³-hybridized carbons (Fsp3) is 0.615. The smallest absolute Gasteiger partial charge is 0.137 e. The van der Waals surface area contributed by atoms with Crippen molar-refractivity contribution in [2.24, 2.45) is 0 Å². The van der Waals surface area contributed by atoms with E-state index in [1.165, 1.54) is 0 Å². The molecule has 1 rings (SSSR count). The van der Waals surface area contributed by atoms with Gasteiger partial charge in [-0.15, -0.1) is 0 Å². The van der Waals surface area contributed by atoms with E-state index < -0.39 is 0 Å². The molecular weight excluding hydrogens is 226 g/mol. The summed E-state index contributed by atoms with van der Waals surface area (Å²) in [6.45, 7) is 7.60. The van der Waals surface area contributed by atoms with Gasteiger partial charge in [-0.1, -0.05) is 6.92 Å². The molecule has 0 amide bonds. The maximum absolute atomic E-state index is 8.63. The van der Waals surface area contributed by atoms with Crippen molar-refractivity contribution in [3.63, 3.8) is 0 Å². The number of nitrogens with zero attached hydrogens (tertiary/aromatic N) is 4. The molecule has 0 saturated heterocycles. The van der Waals surface area contributed by atoms with Crippen molar-refractivity contribution in [2.45, 2.75) is 33.6 Å². The number of aryl methyl sites for hydroxylation is 1. The molecule has 0 aliphatic carbocycles. The summed E-state index contributed by atoms with van der Waals surface area (Å²) >= 11 is 0. The molecule has 0 fully saturated rings. The van der Waals surface area contributed by atoms with E-state index >= 15 is 0 Å². The van der Waals surface area contributed by atoms with Gasteiger partial charge in [-0.05, 0) is 20.3 Å². The van der Waals surface area contributed by atoms with E-state index in [2.05, 4.69) is 28.3 Å². The predicted octanol–water partition coefficient (Wildman–Crippen LogP) is 2.27. The Bertz CT molecular complexity index is 436. The van der Waals surface area contributed by atoms with Gasteiger partial charge in [0.05, 0.1) is 12.5 Å². The second kappa shape index (κ2) is 6.80. The summed E-state index contributed by atoms with van der Waals surface area (Å²) in [6, 6.07) is 2.15. The Morgan fingerprint density at radius 3 is 2.67 bits per heavy atom. The lowest BCUT2D eigenvalue weighted by Crippen LogP contribution is -2.22. The number of hydrogen-bond donors (Lipinski definition) is 1. The molecule has 18 heavy (non-hydrogen) atoms. The molecule has 0 aliphatic rings. The predicted molar refractivity (Wildman–Crippen MR) is 73.8 cm³/mol. The van der Waals surface area contributed by atoms with Crippen LogP contribution in [0.4, 0.5) is 11.6 Å². The third kappa shape index (κ3) is 3.59. The van der Waals surface area contributed by atoms with E-state index in [9.17, 15) is 0 Å². The maximum atomic E-state index is 8.63. The molecular formula is C13H21N5.